The van der Waals surface area contributed by atoms with E-state index in [4.69, 9.17) is 5.73 Å². The minimum atomic E-state index is 0.735. The zero-order valence-electron chi connectivity index (χ0n) is 6.75. The Balaban J connectivity index is 3.18. The van der Waals surface area contributed by atoms with E-state index in [1.54, 1.807) is 12.3 Å². The SMILES string of the molecule is CC(C)CCN=CC=CN. The molecular formula is C8H16N2. The lowest BCUT2D eigenvalue weighted by Crippen LogP contribution is -1.90. The van der Waals surface area contributed by atoms with E-state index in [2.05, 4.69) is 18.8 Å². The molecule has 2 heteroatoms. The lowest BCUT2D eigenvalue weighted by Gasteiger charge is -1.97. The van der Waals surface area contributed by atoms with Crippen LogP contribution >= 0.6 is 0 Å². The van der Waals surface area contributed by atoms with Crippen LogP contribution in [0.3, 0.4) is 0 Å². The average molecular weight is 140 g/mol. The van der Waals surface area contributed by atoms with Gasteiger partial charge in [-0.2, -0.15) is 0 Å². The Hall–Kier alpha value is -0.790. The van der Waals surface area contributed by atoms with Crippen LogP contribution in [0.4, 0.5) is 0 Å². The maximum absolute atomic E-state index is 5.10. The predicted octanol–water partition coefficient (Wildman–Crippen LogP) is 1.58. The minimum absolute atomic E-state index is 0.735. The third kappa shape index (κ3) is 7.21. The van der Waals surface area contributed by atoms with Gasteiger partial charge in [0, 0.05) is 12.8 Å². The second kappa shape index (κ2) is 6.33. The molecule has 0 aliphatic rings. The first-order valence-electron chi connectivity index (χ1n) is 3.64. The van der Waals surface area contributed by atoms with Crippen molar-refractivity contribution in [1.82, 2.24) is 0 Å². The van der Waals surface area contributed by atoms with Gasteiger partial charge in [0.15, 0.2) is 0 Å². The van der Waals surface area contributed by atoms with Crippen LogP contribution < -0.4 is 5.73 Å². The van der Waals surface area contributed by atoms with Gasteiger partial charge in [0.2, 0.25) is 0 Å². The lowest BCUT2D eigenvalue weighted by molar-refractivity contribution is 0.598. The molecule has 0 aromatic heterocycles. The van der Waals surface area contributed by atoms with Gasteiger partial charge in [-0.05, 0) is 24.6 Å². The Morgan fingerprint density at radius 1 is 1.50 bits per heavy atom. The molecule has 0 aliphatic carbocycles. The Labute approximate surface area is 62.8 Å². The van der Waals surface area contributed by atoms with Gasteiger partial charge in [-0.15, -0.1) is 0 Å². The van der Waals surface area contributed by atoms with Crippen molar-refractivity contribution in [3.8, 4) is 0 Å². The summed E-state index contributed by atoms with van der Waals surface area (Å²) < 4.78 is 0. The Bertz CT molecular complexity index is 114. The molecule has 58 valence electrons. The predicted molar refractivity (Wildman–Crippen MR) is 46.1 cm³/mol. The molecule has 0 aliphatic heterocycles. The van der Waals surface area contributed by atoms with Gasteiger partial charge in [0.1, 0.15) is 0 Å². The fourth-order valence-corrected chi connectivity index (χ4v) is 0.518. The molecule has 0 fully saturated rings. The largest absolute Gasteiger partial charge is 0.405 e. The summed E-state index contributed by atoms with van der Waals surface area (Å²) >= 11 is 0. The first kappa shape index (κ1) is 9.21. The van der Waals surface area contributed by atoms with Crippen LogP contribution in [0.5, 0.6) is 0 Å². The molecule has 0 saturated heterocycles. The van der Waals surface area contributed by atoms with Crippen LogP contribution in [-0.2, 0) is 0 Å². The second-order valence-corrected chi connectivity index (χ2v) is 2.62. The van der Waals surface area contributed by atoms with Crippen LogP contribution in [0, 0.1) is 5.92 Å². The molecule has 0 bridgehead atoms. The fraction of sp³-hybridized carbons (Fsp3) is 0.625. The standard InChI is InChI=1S/C8H16N2/c1-8(2)4-7-10-6-3-5-9/h3,5-6,8H,4,7,9H2,1-2H3. The molecule has 0 unspecified atom stereocenters. The van der Waals surface area contributed by atoms with E-state index < -0.39 is 0 Å². The quantitative estimate of drug-likeness (QED) is 0.591. The van der Waals surface area contributed by atoms with Gasteiger partial charge in [-0.25, -0.2) is 0 Å². The number of aliphatic imine (C=N–C) groups is 1. The average Bonchev–Trinajstić information content (AvgIpc) is 1.87. The Morgan fingerprint density at radius 3 is 2.70 bits per heavy atom. The number of rotatable bonds is 4. The third-order valence-corrected chi connectivity index (χ3v) is 1.14. The van der Waals surface area contributed by atoms with E-state index >= 15 is 0 Å². The lowest BCUT2D eigenvalue weighted by atomic mass is 10.1. The molecule has 0 spiro atoms. The Kier molecular flexibility index (Phi) is 5.83. The van der Waals surface area contributed by atoms with Gasteiger partial charge < -0.3 is 5.73 Å². The van der Waals surface area contributed by atoms with Crippen LogP contribution in [0.15, 0.2) is 17.3 Å². The monoisotopic (exact) mass is 140 g/mol. The molecule has 0 atom stereocenters. The van der Waals surface area contributed by atoms with Gasteiger partial charge in [0.25, 0.3) is 0 Å². The highest BCUT2D eigenvalue weighted by Gasteiger charge is 1.88. The first-order chi connectivity index (χ1) is 4.77. The van der Waals surface area contributed by atoms with Crippen LogP contribution in [0.2, 0.25) is 0 Å². The highest BCUT2D eigenvalue weighted by atomic mass is 14.7. The van der Waals surface area contributed by atoms with Gasteiger partial charge >= 0.3 is 0 Å². The van der Waals surface area contributed by atoms with Crippen molar-refractivity contribution in [2.24, 2.45) is 16.6 Å². The molecule has 0 saturated carbocycles. The van der Waals surface area contributed by atoms with E-state index in [9.17, 15) is 0 Å². The molecule has 0 heterocycles. The van der Waals surface area contributed by atoms with Gasteiger partial charge in [0.05, 0.1) is 0 Å². The van der Waals surface area contributed by atoms with E-state index in [1.165, 1.54) is 6.20 Å². The molecule has 0 amide bonds. The fourth-order valence-electron chi connectivity index (χ4n) is 0.518. The van der Waals surface area contributed by atoms with Crippen molar-refractivity contribution >= 4 is 6.21 Å². The molecule has 2 nitrogen and oxygen atoms in total. The highest BCUT2D eigenvalue weighted by Crippen LogP contribution is 1.97. The van der Waals surface area contributed by atoms with Crippen molar-refractivity contribution < 1.29 is 0 Å². The van der Waals surface area contributed by atoms with Crippen molar-refractivity contribution in [2.45, 2.75) is 20.3 Å². The maximum Gasteiger partial charge on any atom is 0.0391 e. The van der Waals surface area contributed by atoms with Crippen molar-refractivity contribution in [3.63, 3.8) is 0 Å². The summed E-state index contributed by atoms with van der Waals surface area (Å²) in [6.07, 6.45) is 6.11. The van der Waals surface area contributed by atoms with Crippen molar-refractivity contribution in [3.05, 3.63) is 12.3 Å². The molecule has 0 rings (SSSR count). The molecule has 0 aromatic rings. The summed E-state index contributed by atoms with van der Waals surface area (Å²) in [6, 6.07) is 0. The summed E-state index contributed by atoms with van der Waals surface area (Å²) in [7, 11) is 0. The third-order valence-electron chi connectivity index (χ3n) is 1.14. The van der Waals surface area contributed by atoms with E-state index in [0.29, 0.717) is 0 Å². The van der Waals surface area contributed by atoms with Crippen LogP contribution in [0.25, 0.3) is 0 Å². The molecule has 2 N–H and O–H groups in total. The highest BCUT2D eigenvalue weighted by molar-refractivity contribution is 5.70. The first-order valence-corrected chi connectivity index (χ1v) is 3.64. The summed E-state index contributed by atoms with van der Waals surface area (Å²) in [6.45, 7) is 5.28. The van der Waals surface area contributed by atoms with Crippen LogP contribution in [-0.4, -0.2) is 12.8 Å². The normalized spacial score (nSPS) is 12.3. The molecule has 10 heavy (non-hydrogen) atoms. The molecular weight excluding hydrogens is 124 g/mol. The van der Waals surface area contributed by atoms with E-state index in [1.807, 2.05) is 0 Å². The zero-order valence-corrected chi connectivity index (χ0v) is 6.75. The van der Waals surface area contributed by atoms with Crippen molar-refractivity contribution in [1.29, 1.82) is 0 Å². The van der Waals surface area contributed by atoms with E-state index in [0.717, 1.165) is 18.9 Å². The summed E-state index contributed by atoms with van der Waals surface area (Å²) in [5.41, 5.74) is 5.10. The number of nitrogens with two attached hydrogens (primary N) is 1. The number of hydrogen-bond acceptors (Lipinski definition) is 2. The number of hydrogen-bond donors (Lipinski definition) is 1. The summed E-state index contributed by atoms with van der Waals surface area (Å²) in [5, 5.41) is 0. The molecule has 0 aromatic carbocycles. The van der Waals surface area contributed by atoms with Crippen molar-refractivity contribution in [2.75, 3.05) is 6.54 Å². The minimum Gasteiger partial charge on any atom is -0.405 e. The van der Waals surface area contributed by atoms with Gasteiger partial charge in [-0.1, -0.05) is 13.8 Å². The topological polar surface area (TPSA) is 38.4 Å². The second-order valence-electron chi connectivity index (χ2n) is 2.62. The Morgan fingerprint density at radius 2 is 2.20 bits per heavy atom. The molecule has 0 radical (unpaired) electrons. The summed E-state index contributed by atoms with van der Waals surface area (Å²) in [5.74, 6) is 0.735. The van der Waals surface area contributed by atoms with Crippen LogP contribution in [0.1, 0.15) is 20.3 Å². The smallest absolute Gasteiger partial charge is 0.0391 e. The summed E-state index contributed by atoms with van der Waals surface area (Å²) in [4.78, 5) is 4.11. The van der Waals surface area contributed by atoms with Gasteiger partial charge in [-0.3, -0.25) is 4.99 Å². The number of nitrogens with zero attached hydrogens (tertiary/aromatic N) is 1. The zero-order chi connectivity index (χ0) is 7.82. The van der Waals surface area contributed by atoms with E-state index in [-0.39, 0.29) is 0 Å². The number of allylic oxidation sites excluding steroid dienone is 1. The maximum atomic E-state index is 5.10.